The highest BCUT2D eigenvalue weighted by Gasteiger charge is 2.22. The van der Waals surface area contributed by atoms with Crippen LogP contribution in [-0.4, -0.2) is 43.0 Å². The van der Waals surface area contributed by atoms with Gasteiger partial charge in [-0.2, -0.15) is 0 Å². The van der Waals surface area contributed by atoms with E-state index in [1.165, 1.54) is 6.42 Å². The van der Waals surface area contributed by atoms with E-state index in [-0.39, 0.29) is 11.9 Å². The van der Waals surface area contributed by atoms with E-state index in [1.807, 2.05) is 29.2 Å². The molecule has 1 aromatic rings. The lowest BCUT2D eigenvalue weighted by Gasteiger charge is -2.26. The first-order chi connectivity index (χ1) is 9.75. The molecule has 0 bridgehead atoms. The lowest BCUT2D eigenvalue weighted by Crippen LogP contribution is -2.35. The van der Waals surface area contributed by atoms with Gasteiger partial charge in [0, 0.05) is 37.4 Å². The quantitative estimate of drug-likeness (QED) is 0.894. The lowest BCUT2D eigenvalue weighted by molar-refractivity contribution is 0.0724. The summed E-state index contributed by atoms with van der Waals surface area (Å²) in [5.41, 5.74) is 1.55. The summed E-state index contributed by atoms with van der Waals surface area (Å²) in [4.78, 5) is 27.5. The summed E-state index contributed by atoms with van der Waals surface area (Å²) in [5.74, 6) is 0.0992. The van der Waals surface area contributed by atoms with Crippen LogP contribution in [0.5, 0.6) is 0 Å². The summed E-state index contributed by atoms with van der Waals surface area (Å²) >= 11 is 0. The van der Waals surface area contributed by atoms with Gasteiger partial charge in [0.25, 0.3) is 5.91 Å². The average molecular weight is 273 g/mol. The first-order valence-electron chi connectivity index (χ1n) is 7.20. The van der Waals surface area contributed by atoms with Crippen LogP contribution in [0.3, 0.4) is 0 Å². The smallest absolute Gasteiger partial charge is 0.321 e. The molecule has 0 atom stereocenters. The zero-order valence-corrected chi connectivity index (χ0v) is 11.5. The van der Waals surface area contributed by atoms with E-state index < -0.39 is 0 Å². The SMILES string of the molecule is O=C(c1ccc(N2CCNC2=O)cc1)N1CCCCC1. The Labute approximate surface area is 118 Å². The second kappa shape index (κ2) is 5.53. The molecule has 0 aromatic heterocycles. The molecule has 2 aliphatic heterocycles. The number of urea groups is 1. The fraction of sp³-hybridized carbons (Fsp3) is 0.467. The fourth-order valence-electron chi connectivity index (χ4n) is 2.78. The van der Waals surface area contributed by atoms with Crippen LogP contribution in [0.15, 0.2) is 24.3 Å². The second-order valence-electron chi connectivity index (χ2n) is 5.28. The van der Waals surface area contributed by atoms with E-state index in [0.717, 1.165) is 31.6 Å². The summed E-state index contributed by atoms with van der Waals surface area (Å²) in [5, 5.41) is 2.77. The molecule has 106 valence electrons. The van der Waals surface area contributed by atoms with Crippen LogP contribution in [0.2, 0.25) is 0 Å². The number of hydrogen-bond donors (Lipinski definition) is 1. The first-order valence-corrected chi connectivity index (χ1v) is 7.20. The number of anilines is 1. The third kappa shape index (κ3) is 2.48. The molecule has 2 heterocycles. The molecule has 0 spiro atoms. The topological polar surface area (TPSA) is 52.7 Å². The van der Waals surface area contributed by atoms with Gasteiger partial charge in [0.15, 0.2) is 0 Å². The molecule has 0 radical (unpaired) electrons. The number of hydrogen-bond acceptors (Lipinski definition) is 2. The molecule has 2 fully saturated rings. The lowest BCUT2D eigenvalue weighted by atomic mass is 10.1. The molecule has 0 saturated carbocycles. The van der Waals surface area contributed by atoms with Gasteiger partial charge in [0.2, 0.25) is 0 Å². The molecular formula is C15H19N3O2. The van der Waals surface area contributed by atoms with Gasteiger partial charge in [-0.3, -0.25) is 9.69 Å². The van der Waals surface area contributed by atoms with Crippen molar-refractivity contribution in [1.82, 2.24) is 10.2 Å². The van der Waals surface area contributed by atoms with Gasteiger partial charge in [-0.25, -0.2) is 4.79 Å². The van der Waals surface area contributed by atoms with Crippen LogP contribution in [0.25, 0.3) is 0 Å². The predicted molar refractivity (Wildman–Crippen MR) is 76.9 cm³/mol. The van der Waals surface area contributed by atoms with Gasteiger partial charge in [0.1, 0.15) is 0 Å². The third-order valence-electron chi connectivity index (χ3n) is 3.93. The number of rotatable bonds is 2. The second-order valence-corrected chi connectivity index (χ2v) is 5.28. The van der Waals surface area contributed by atoms with Crippen molar-refractivity contribution < 1.29 is 9.59 Å². The summed E-state index contributed by atoms with van der Waals surface area (Å²) in [6.45, 7) is 3.07. The van der Waals surface area contributed by atoms with Crippen molar-refractivity contribution in [2.45, 2.75) is 19.3 Å². The molecule has 0 aliphatic carbocycles. The Hall–Kier alpha value is -2.04. The molecule has 5 nitrogen and oxygen atoms in total. The highest BCUT2D eigenvalue weighted by molar-refractivity contribution is 5.97. The molecule has 5 heteroatoms. The minimum Gasteiger partial charge on any atom is -0.339 e. The number of piperidine rings is 1. The Morgan fingerprint density at radius 3 is 2.30 bits per heavy atom. The van der Waals surface area contributed by atoms with Gasteiger partial charge >= 0.3 is 6.03 Å². The highest BCUT2D eigenvalue weighted by Crippen LogP contribution is 2.19. The monoisotopic (exact) mass is 273 g/mol. The van der Waals surface area contributed by atoms with E-state index in [1.54, 1.807) is 4.90 Å². The van der Waals surface area contributed by atoms with E-state index in [2.05, 4.69) is 5.32 Å². The number of likely N-dealkylation sites (tertiary alicyclic amines) is 1. The zero-order valence-electron chi connectivity index (χ0n) is 11.5. The molecule has 3 amide bonds. The van der Waals surface area contributed by atoms with Crippen molar-refractivity contribution in [1.29, 1.82) is 0 Å². The summed E-state index contributed by atoms with van der Waals surface area (Å²) < 4.78 is 0. The summed E-state index contributed by atoms with van der Waals surface area (Å²) in [7, 11) is 0. The maximum absolute atomic E-state index is 12.3. The maximum Gasteiger partial charge on any atom is 0.321 e. The van der Waals surface area contributed by atoms with E-state index in [4.69, 9.17) is 0 Å². The molecule has 1 N–H and O–H groups in total. The zero-order chi connectivity index (χ0) is 13.9. The minimum atomic E-state index is -0.0693. The van der Waals surface area contributed by atoms with Crippen molar-refractivity contribution in [3.63, 3.8) is 0 Å². The van der Waals surface area contributed by atoms with Crippen molar-refractivity contribution in [2.24, 2.45) is 0 Å². The summed E-state index contributed by atoms with van der Waals surface area (Å²) in [6.07, 6.45) is 3.41. The van der Waals surface area contributed by atoms with E-state index >= 15 is 0 Å². The van der Waals surface area contributed by atoms with Crippen molar-refractivity contribution >= 4 is 17.6 Å². The van der Waals surface area contributed by atoms with Crippen LogP contribution in [0, 0.1) is 0 Å². The number of benzene rings is 1. The molecule has 3 rings (SSSR count). The van der Waals surface area contributed by atoms with E-state index in [0.29, 0.717) is 18.7 Å². The van der Waals surface area contributed by atoms with Crippen LogP contribution >= 0.6 is 0 Å². The molecule has 1 aromatic carbocycles. The number of carbonyl (C=O) groups excluding carboxylic acids is 2. The van der Waals surface area contributed by atoms with Crippen molar-refractivity contribution in [2.75, 3.05) is 31.1 Å². The Balaban J connectivity index is 1.72. The standard InChI is InChI=1S/C15H19N3O2/c19-14(17-9-2-1-3-10-17)12-4-6-13(7-5-12)18-11-8-16-15(18)20/h4-7H,1-3,8-11H2,(H,16,20). The Kier molecular flexibility index (Phi) is 3.58. The number of amides is 3. The Bertz CT molecular complexity index is 506. The Morgan fingerprint density at radius 1 is 1.00 bits per heavy atom. The third-order valence-corrected chi connectivity index (χ3v) is 3.93. The largest absolute Gasteiger partial charge is 0.339 e. The highest BCUT2D eigenvalue weighted by atomic mass is 16.2. The van der Waals surface area contributed by atoms with Crippen molar-refractivity contribution in [3.05, 3.63) is 29.8 Å². The van der Waals surface area contributed by atoms with E-state index in [9.17, 15) is 9.59 Å². The molecule has 20 heavy (non-hydrogen) atoms. The number of nitrogens with zero attached hydrogens (tertiary/aromatic N) is 2. The number of nitrogens with one attached hydrogen (secondary N) is 1. The normalized spacial score (nSPS) is 19.1. The molecule has 2 aliphatic rings. The van der Waals surface area contributed by atoms with Gasteiger partial charge in [-0.15, -0.1) is 0 Å². The van der Waals surface area contributed by atoms with Gasteiger partial charge in [-0.05, 0) is 43.5 Å². The minimum absolute atomic E-state index is 0.0693. The van der Waals surface area contributed by atoms with Crippen LogP contribution in [-0.2, 0) is 0 Å². The molecular weight excluding hydrogens is 254 g/mol. The van der Waals surface area contributed by atoms with Crippen LogP contribution in [0.4, 0.5) is 10.5 Å². The van der Waals surface area contributed by atoms with Gasteiger partial charge in [-0.1, -0.05) is 0 Å². The maximum atomic E-state index is 12.3. The van der Waals surface area contributed by atoms with Gasteiger partial charge in [0.05, 0.1) is 0 Å². The fourth-order valence-corrected chi connectivity index (χ4v) is 2.78. The average Bonchev–Trinajstić information content (AvgIpc) is 2.94. The van der Waals surface area contributed by atoms with Crippen LogP contribution < -0.4 is 10.2 Å². The number of carbonyl (C=O) groups is 2. The van der Waals surface area contributed by atoms with Gasteiger partial charge < -0.3 is 10.2 Å². The molecule has 0 unspecified atom stereocenters. The summed E-state index contributed by atoms with van der Waals surface area (Å²) in [6, 6.07) is 7.26. The van der Waals surface area contributed by atoms with Crippen molar-refractivity contribution in [3.8, 4) is 0 Å². The predicted octanol–water partition coefficient (Wildman–Crippen LogP) is 1.84. The molecule has 2 saturated heterocycles. The van der Waals surface area contributed by atoms with Crippen LogP contribution in [0.1, 0.15) is 29.6 Å². The Morgan fingerprint density at radius 2 is 1.70 bits per heavy atom. The first kappa shape index (κ1) is 13.0.